The third-order valence-corrected chi connectivity index (χ3v) is 2.66. The topological polar surface area (TPSA) is 130 Å². The summed E-state index contributed by atoms with van der Waals surface area (Å²) in [5.41, 5.74) is 2.54. The number of benzene rings is 2. The Morgan fingerprint density at radius 1 is 0.909 bits per heavy atom. The maximum absolute atomic E-state index is 11.2. The lowest BCUT2D eigenvalue weighted by molar-refractivity contribution is -0.109. The predicted octanol–water partition coefficient (Wildman–Crippen LogP) is 1.36. The van der Waals surface area contributed by atoms with Gasteiger partial charge >= 0.3 is 11.9 Å². The van der Waals surface area contributed by atoms with Crippen LogP contribution in [0.2, 0.25) is 0 Å². The molecule has 0 bridgehead atoms. The average Bonchev–Trinajstić information content (AvgIpc) is 2.55. The van der Waals surface area contributed by atoms with E-state index in [4.69, 9.17) is 15.0 Å². The van der Waals surface area contributed by atoms with E-state index < -0.39 is 11.9 Å². The van der Waals surface area contributed by atoms with Crippen LogP contribution in [0.4, 0.5) is 0 Å². The fourth-order valence-electron chi connectivity index (χ4n) is 1.82. The van der Waals surface area contributed by atoms with Gasteiger partial charge in [-0.1, -0.05) is 36.4 Å². The SMILES string of the molecule is NNC=O.O=C(O)c1cccc(C(=O)O)c1-c1ccccc1. The molecule has 5 N–H and O–H groups in total. The molecule has 2 aromatic carbocycles. The van der Waals surface area contributed by atoms with Crippen molar-refractivity contribution >= 4 is 18.3 Å². The van der Waals surface area contributed by atoms with Crippen molar-refractivity contribution < 1.29 is 24.6 Å². The van der Waals surface area contributed by atoms with Crippen LogP contribution >= 0.6 is 0 Å². The molecule has 0 fully saturated rings. The van der Waals surface area contributed by atoms with Crippen LogP contribution < -0.4 is 11.3 Å². The highest BCUT2D eigenvalue weighted by Gasteiger charge is 2.18. The quantitative estimate of drug-likeness (QED) is 0.292. The van der Waals surface area contributed by atoms with Gasteiger partial charge in [-0.25, -0.2) is 15.4 Å². The molecule has 2 rings (SSSR count). The van der Waals surface area contributed by atoms with Crippen molar-refractivity contribution in [2.24, 2.45) is 5.84 Å². The van der Waals surface area contributed by atoms with Crippen molar-refractivity contribution in [2.45, 2.75) is 0 Å². The summed E-state index contributed by atoms with van der Waals surface area (Å²) in [4.78, 5) is 31.3. The number of carboxylic acids is 2. The Hall–Kier alpha value is -3.19. The molecule has 0 heterocycles. The van der Waals surface area contributed by atoms with Gasteiger partial charge in [-0.05, 0) is 17.7 Å². The lowest BCUT2D eigenvalue weighted by atomic mass is 9.94. The molecular weight excluding hydrogens is 288 g/mol. The predicted molar refractivity (Wildman–Crippen MR) is 79.2 cm³/mol. The van der Waals surface area contributed by atoms with Crippen LogP contribution in [0.15, 0.2) is 48.5 Å². The third-order valence-electron chi connectivity index (χ3n) is 2.66. The number of amides is 1. The Morgan fingerprint density at radius 3 is 1.73 bits per heavy atom. The Balaban J connectivity index is 0.000000541. The summed E-state index contributed by atoms with van der Waals surface area (Å²) in [6.45, 7) is 0. The molecule has 7 heteroatoms. The zero-order valence-electron chi connectivity index (χ0n) is 11.4. The van der Waals surface area contributed by atoms with Gasteiger partial charge in [0, 0.05) is 5.56 Å². The highest BCUT2D eigenvalue weighted by Crippen LogP contribution is 2.27. The molecule has 0 aliphatic heterocycles. The van der Waals surface area contributed by atoms with Crippen molar-refractivity contribution in [1.82, 2.24) is 5.43 Å². The van der Waals surface area contributed by atoms with Crippen LogP contribution in [0.1, 0.15) is 20.7 Å². The van der Waals surface area contributed by atoms with Gasteiger partial charge in [0.05, 0.1) is 11.1 Å². The van der Waals surface area contributed by atoms with Crippen LogP contribution in [0.25, 0.3) is 11.1 Å². The molecule has 0 unspecified atom stereocenters. The molecule has 0 aliphatic carbocycles. The van der Waals surface area contributed by atoms with Gasteiger partial charge in [0.25, 0.3) is 0 Å². The maximum Gasteiger partial charge on any atom is 0.336 e. The first-order valence-corrected chi connectivity index (χ1v) is 6.07. The second-order valence-corrected chi connectivity index (χ2v) is 3.99. The number of hydrogen-bond acceptors (Lipinski definition) is 4. The number of carbonyl (C=O) groups excluding carboxylic acids is 1. The van der Waals surface area contributed by atoms with Gasteiger partial charge in [0.15, 0.2) is 0 Å². The first-order chi connectivity index (χ1) is 10.5. The van der Waals surface area contributed by atoms with E-state index in [-0.39, 0.29) is 16.7 Å². The zero-order valence-corrected chi connectivity index (χ0v) is 11.4. The molecule has 114 valence electrons. The Kier molecular flexibility index (Phi) is 6.27. The van der Waals surface area contributed by atoms with Gasteiger partial charge in [0.1, 0.15) is 0 Å². The number of carbonyl (C=O) groups is 3. The Bertz CT molecular complexity index is 639. The van der Waals surface area contributed by atoms with Crippen molar-refractivity contribution in [3.8, 4) is 11.1 Å². The van der Waals surface area contributed by atoms with E-state index in [0.717, 1.165) is 0 Å². The molecule has 22 heavy (non-hydrogen) atoms. The van der Waals surface area contributed by atoms with Gasteiger partial charge in [-0.2, -0.15) is 0 Å². The molecule has 0 spiro atoms. The van der Waals surface area contributed by atoms with Crippen molar-refractivity contribution in [3.63, 3.8) is 0 Å². The molecular formula is C15H14N2O5. The van der Waals surface area contributed by atoms with Crippen molar-refractivity contribution in [3.05, 3.63) is 59.7 Å². The fourth-order valence-corrected chi connectivity index (χ4v) is 1.82. The van der Waals surface area contributed by atoms with Gasteiger partial charge < -0.3 is 10.2 Å². The summed E-state index contributed by atoms with van der Waals surface area (Å²) in [6.07, 6.45) is 0.403. The number of hydrazine groups is 1. The lowest BCUT2D eigenvalue weighted by Crippen LogP contribution is -2.18. The van der Waals surface area contributed by atoms with Crippen LogP contribution in [-0.4, -0.2) is 28.6 Å². The summed E-state index contributed by atoms with van der Waals surface area (Å²) in [7, 11) is 0. The summed E-state index contributed by atoms with van der Waals surface area (Å²) < 4.78 is 0. The smallest absolute Gasteiger partial charge is 0.336 e. The summed E-state index contributed by atoms with van der Waals surface area (Å²) >= 11 is 0. The molecule has 0 aromatic heterocycles. The number of nitrogens with two attached hydrogens (primary N) is 1. The molecule has 0 saturated carbocycles. The number of nitrogens with one attached hydrogen (secondary N) is 1. The summed E-state index contributed by atoms with van der Waals surface area (Å²) in [6, 6.07) is 12.9. The van der Waals surface area contributed by atoms with Crippen molar-refractivity contribution in [1.29, 1.82) is 0 Å². The Morgan fingerprint density at radius 2 is 1.36 bits per heavy atom. The first kappa shape index (κ1) is 16.9. The van der Waals surface area contributed by atoms with Gasteiger partial charge in [-0.3, -0.25) is 10.2 Å². The first-order valence-electron chi connectivity index (χ1n) is 6.07. The molecule has 0 saturated heterocycles. The third kappa shape index (κ3) is 4.15. The van der Waals surface area contributed by atoms with E-state index in [1.807, 2.05) is 0 Å². The molecule has 7 nitrogen and oxygen atoms in total. The van der Waals surface area contributed by atoms with E-state index in [2.05, 4.69) is 5.84 Å². The fraction of sp³-hybridized carbons (Fsp3) is 0. The summed E-state index contributed by atoms with van der Waals surface area (Å²) in [5, 5.41) is 18.3. The second-order valence-electron chi connectivity index (χ2n) is 3.99. The highest BCUT2D eigenvalue weighted by atomic mass is 16.4. The van der Waals surface area contributed by atoms with Crippen LogP contribution in [-0.2, 0) is 4.79 Å². The van der Waals surface area contributed by atoms with E-state index >= 15 is 0 Å². The summed E-state index contributed by atoms with van der Waals surface area (Å²) in [5.74, 6) is 2.13. The van der Waals surface area contributed by atoms with Crippen LogP contribution in [0.3, 0.4) is 0 Å². The van der Waals surface area contributed by atoms with E-state index in [1.54, 1.807) is 35.8 Å². The molecule has 0 radical (unpaired) electrons. The largest absolute Gasteiger partial charge is 0.478 e. The highest BCUT2D eigenvalue weighted by molar-refractivity contribution is 6.04. The number of hydrogen-bond donors (Lipinski definition) is 4. The second kappa shape index (κ2) is 8.18. The molecule has 2 aromatic rings. The van der Waals surface area contributed by atoms with Crippen molar-refractivity contribution in [2.75, 3.05) is 0 Å². The zero-order chi connectivity index (χ0) is 16.5. The van der Waals surface area contributed by atoms with E-state index in [0.29, 0.717) is 12.0 Å². The van der Waals surface area contributed by atoms with E-state index in [1.165, 1.54) is 18.2 Å². The van der Waals surface area contributed by atoms with Crippen LogP contribution in [0.5, 0.6) is 0 Å². The van der Waals surface area contributed by atoms with Crippen LogP contribution in [0, 0.1) is 0 Å². The monoisotopic (exact) mass is 302 g/mol. The number of carboxylic acid groups (broad SMARTS) is 2. The minimum absolute atomic E-state index is 0.0129. The van der Waals surface area contributed by atoms with Gasteiger partial charge in [-0.15, -0.1) is 0 Å². The lowest BCUT2D eigenvalue weighted by Gasteiger charge is -2.09. The number of rotatable bonds is 4. The minimum Gasteiger partial charge on any atom is -0.478 e. The van der Waals surface area contributed by atoms with E-state index in [9.17, 15) is 9.59 Å². The maximum atomic E-state index is 11.2. The molecule has 0 atom stereocenters. The molecule has 0 aliphatic rings. The Labute approximate surface area is 126 Å². The van der Waals surface area contributed by atoms with Gasteiger partial charge in [0.2, 0.25) is 6.41 Å². The normalized spacial score (nSPS) is 9.14. The average molecular weight is 302 g/mol. The molecule has 1 amide bonds. The minimum atomic E-state index is -1.14. The standard InChI is InChI=1S/C14H10O4.CH4N2O/c15-13(16)10-7-4-8-11(14(17)18)12(10)9-5-2-1-3-6-9;2-3-1-4/h1-8H,(H,15,16)(H,17,18);1H,2H2,(H,3,4). The number of aromatic carboxylic acids is 2.